The number of halogens is 2. The Morgan fingerprint density at radius 1 is 1.09 bits per heavy atom. The highest BCUT2D eigenvalue weighted by Gasteiger charge is 2.08. The predicted molar refractivity (Wildman–Crippen MR) is 93.5 cm³/mol. The van der Waals surface area contributed by atoms with E-state index in [0.29, 0.717) is 10.0 Å². The summed E-state index contributed by atoms with van der Waals surface area (Å²) >= 11 is 12.2. The largest absolute Gasteiger partial charge is 0.282 e. The van der Waals surface area contributed by atoms with Gasteiger partial charge in [-0.15, -0.1) is 0 Å². The second-order valence-electron chi connectivity index (χ2n) is 4.92. The third-order valence-electron chi connectivity index (χ3n) is 3.24. The van der Waals surface area contributed by atoms with E-state index in [-0.39, 0.29) is 0 Å². The van der Waals surface area contributed by atoms with E-state index in [1.807, 2.05) is 30.3 Å². The van der Waals surface area contributed by atoms with E-state index in [2.05, 4.69) is 27.0 Å². The molecule has 0 aliphatic carbocycles. The van der Waals surface area contributed by atoms with E-state index < -0.39 is 0 Å². The molecule has 0 saturated carbocycles. The lowest BCUT2D eigenvalue weighted by Crippen LogP contribution is -1.84. The standard InChI is InChI=1S/C18H13Cl2N3/c19-13-8-9-17(20)16(11-13)18-12-15(22-23-18)7-2-1-5-14-6-3-4-10-21-14/h3-4,6,8-12H,2,7H2,(H,22,23). The first-order valence-corrected chi connectivity index (χ1v) is 7.87. The molecule has 0 radical (unpaired) electrons. The summed E-state index contributed by atoms with van der Waals surface area (Å²) in [6.07, 6.45) is 3.24. The summed E-state index contributed by atoms with van der Waals surface area (Å²) in [6, 6.07) is 13.0. The van der Waals surface area contributed by atoms with Crippen molar-refractivity contribution >= 4 is 23.2 Å². The van der Waals surface area contributed by atoms with Gasteiger partial charge in [0, 0.05) is 35.3 Å². The number of benzene rings is 1. The highest BCUT2D eigenvalue weighted by molar-refractivity contribution is 6.35. The van der Waals surface area contributed by atoms with E-state index >= 15 is 0 Å². The third kappa shape index (κ3) is 4.13. The van der Waals surface area contributed by atoms with Crippen LogP contribution in [-0.4, -0.2) is 15.2 Å². The second kappa shape index (κ2) is 7.32. The van der Waals surface area contributed by atoms with Crippen LogP contribution in [0.1, 0.15) is 17.8 Å². The molecule has 3 aromatic rings. The fourth-order valence-corrected chi connectivity index (χ4v) is 2.49. The van der Waals surface area contributed by atoms with Crippen LogP contribution in [0, 0.1) is 11.8 Å². The van der Waals surface area contributed by atoms with Crippen molar-refractivity contribution in [2.45, 2.75) is 12.8 Å². The van der Waals surface area contributed by atoms with Gasteiger partial charge in [0.15, 0.2) is 0 Å². The van der Waals surface area contributed by atoms with Crippen LogP contribution in [0.2, 0.25) is 10.0 Å². The lowest BCUT2D eigenvalue weighted by Gasteiger charge is -2.00. The molecule has 0 aliphatic heterocycles. The molecule has 0 aliphatic rings. The van der Waals surface area contributed by atoms with Gasteiger partial charge in [0.25, 0.3) is 0 Å². The monoisotopic (exact) mass is 341 g/mol. The number of nitrogens with zero attached hydrogens (tertiary/aromatic N) is 2. The summed E-state index contributed by atoms with van der Waals surface area (Å²) in [6.45, 7) is 0. The van der Waals surface area contributed by atoms with Crippen molar-refractivity contribution in [1.29, 1.82) is 0 Å². The Morgan fingerprint density at radius 2 is 2.00 bits per heavy atom. The third-order valence-corrected chi connectivity index (χ3v) is 3.80. The summed E-state index contributed by atoms with van der Waals surface area (Å²) < 4.78 is 0. The summed E-state index contributed by atoms with van der Waals surface area (Å²) in [5, 5.41) is 8.57. The predicted octanol–water partition coefficient (Wildman–Crippen LogP) is 4.76. The quantitative estimate of drug-likeness (QED) is 0.697. The molecule has 0 spiro atoms. The van der Waals surface area contributed by atoms with Crippen LogP contribution >= 0.6 is 23.2 Å². The Morgan fingerprint density at radius 3 is 2.83 bits per heavy atom. The highest BCUT2D eigenvalue weighted by atomic mass is 35.5. The number of aromatic nitrogens is 3. The molecule has 2 heterocycles. The number of rotatable bonds is 3. The summed E-state index contributed by atoms with van der Waals surface area (Å²) in [4.78, 5) is 4.16. The lowest BCUT2D eigenvalue weighted by atomic mass is 10.1. The number of pyridine rings is 1. The van der Waals surface area contributed by atoms with Crippen LogP contribution in [0.25, 0.3) is 11.3 Å². The lowest BCUT2D eigenvalue weighted by molar-refractivity contribution is 0.929. The van der Waals surface area contributed by atoms with Crippen molar-refractivity contribution in [1.82, 2.24) is 15.2 Å². The van der Waals surface area contributed by atoms with E-state index in [1.165, 1.54) is 0 Å². The fraction of sp³-hybridized carbons (Fsp3) is 0.111. The van der Waals surface area contributed by atoms with Gasteiger partial charge in [-0.25, -0.2) is 4.98 Å². The SMILES string of the molecule is Clc1ccc(Cl)c(-c2cc(CCC#Cc3ccccn3)[nH]n2)c1. The zero-order valence-electron chi connectivity index (χ0n) is 12.2. The zero-order chi connectivity index (χ0) is 16.1. The molecule has 23 heavy (non-hydrogen) atoms. The molecule has 0 bridgehead atoms. The van der Waals surface area contributed by atoms with Crippen LogP contribution < -0.4 is 0 Å². The molecule has 5 heteroatoms. The van der Waals surface area contributed by atoms with Gasteiger partial charge < -0.3 is 0 Å². The molecular weight excluding hydrogens is 329 g/mol. The molecule has 0 atom stereocenters. The number of aromatic amines is 1. The van der Waals surface area contributed by atoms with Gasteiger partial charge in [0.2, 0.25) is 0 Å². The van der Waals surface area contributed by atoms with Crippen molar-refractivity contribution in [3.05, 3.63) is 70.1 Å². The molecule has 3 nitrogen and oxygen atoms in total. The number of nitrogens with one attached hydrogen (secondary N) is 1. The summed E-state index contributed by atoms with van der Waals surface area (Å²) in [5.74, 6) is 6.15. The summed E-state index contributed by atoms with van der Waals surface area (Å²) in [7, 11) is 0. The number of H-pyrrole nitrogens is 1. The average Bonchev–Trinajstić information content (AvgIpc) is 3.03. The highest BCUT2D eigenvalue weighted by Crippen LogP contribution is 2.29. The van der Waals surface area contributed by atoms with E-state index in [0.717, 1.165) is 35.5 Å². The first kappa shape index (κ1) is 15.6. The summed E-state index contributed by atoms with van der Waals surface area (Å²) in [5.41, 5.74) is 3.39. The van der Waals surface area contributed by atoms with E-state index in [1.54, 1.807) is 18.3 Å². The second-order valence-corrected chi connectivity index (χ2v) is 5.76. The minimum atomic E-state index is 0.627. The van der Waals surface area contributed by atoms with Gasteiger partial charge in [-0.3, -0.25) is 5.10 Å². The first-order chi connectivity index (χ1) is 11.2. The van der Waals surface area contributed by atoms with Gasteiger partial charge >= 0.3 is 0 Å². The van der Waals surface area contributed by atoms with Crippen molar-refractivity contribution < 1.29 is 0 Å². The number of aryl methyl sites for hydroxylation is 1. The Kier molecular flexibility index (Phi) is 4.97. The molecule has 1 aromatic carbocycles. The molecule has 3 rings (SSSR count). The van der Waals surface area contributed by atoms with E-state index in [9.17, 15) is 0 Å². The molecule has 0 amide bonds. The van der Waals surface area contributed by atoms with Crippen LogP contribution in [-0.2, 0) is 6.42 Å². The fourth-order valence-electron chi connectivity index (χ4n) is 2.11. The van der Waals surface area contributed by atoms with Crippen LogP contribution in [0.4, 0.5) is 0 Å². The molecular formula is C18H13Cl2N3. The topological polar surface area (TPSA) is 41.6 Å². The van der Waals surface area contributed by atoms with Crippen LogP contribution in [0.15, 0.2) is 48.7 Å². The van der Waals surface area contributed by atoms with E-state index in [4.69, 9.17) is 23.2 Å². The average molecular weight is 342 g/mol. The number of hydrogen-bond acceptors (Lipinski definition) is 2. The molecule has 2 aromatic heterocycles. The Labute approximate surface area is 144 Å². The molecule has 0 saturated heterocycles. The minimum Gasteiger partial charge on any atom is -0.282 e. The van der Waals surface area contributed by atoms with Crippen molar-refractivity contribution in [2.75, 3.05) is 0 Å². The molecule has 0 fully saturated rings. The van der Waals surface area contributed by atoms with Gasteiger partial charge in [0.05, 0.1) is 10.7 Å². The van der Waals surface area contributed by atoms with Gasteiger partial charge in [-0.05, 0) is 42.3 Å². The molecule has 1 N–H and O–H groups in total. The Balaban J connectivity index is 1.66. The van der Waals surface area contributed by atoms with Crippen molar-refractivity contribution in [3.63, 3.8) is 0 Å². The Hall–Kier alpha value is -2.28. The maximum Gasteiger partial charge on any atom is 0.113 e. The van der Waals surface area contributed by atoms with Gasteiger partial charge in [-0.1, -0.05) is 35.2 Å². The Bertz CT molecular complexity index is 861. The first-order valence-electron chi connectivity index (χ1n) is 7.12. The number of hydrogen-bond donors (Lipinski definition) is 1. The smallest absolute Gasteiger partial charge is 0.113 e. The molecule has 114 valence electrons. The maximum absolute atomic E-state index is 6.19. The zero-order valence-corrected chi connectivity index (χ0v) is 13.7. The normalized spacial score (nSPS) is 10.2. The van der Waals surface area contributed by atoms with Gasteiger partial charge in [0.1, 0.15) is 5.69 Å². The maximum atomic E-state index is 6.19. The van der Waals surface area contributed by atoms with Crippen molar-refractivity contribution in [3.8, 4) is 23.1 Å². The van der Waals surface area contributed by atoms with Crippen LogP contribution in [0.3, 0.4) is 0 Å². The van der Waals surface area contributed by atoms with Crippen LogP contribution in [0.5, 0.6) is 0 Å². The molecule has 0 unspecified atom stereocenters. The minimum absolute atomic E-state index is 0.627. The van der Waals surface area contributed by atoms with Gasteiger partial charge in [-0.2, -0.15) is 5.10 Å². The van der Waals surface area contributed by atoms with Crippen molar-refractivity contribution in [2.24, 2.45) is 0 Å².